The molecule has 1 saturated heterocycles. The van der Waals surface area contributed by atoms with E-state index in [1.54, 1.807) is 0 Å². The van der Waals surface area contributed by atoms with Crippen LogP contribution in [0, 0.1) is 5.92 Å². The summed E-state index contributed by atoms with van der Waals surface area (Å²) in [5, 5.41) is 2.18. The second kappa shape index (κ2) is 6.08. The number of ether oxygens (including phenoxy) is 1. The zero-order valence-electron chi connectivity index (χ0n) is 12.2. The summed E-state index contributed by atoms with van der Waals surface area (Å²) in [5.41, 5.74) is 0.963. The first-order chi connectivity index (χ1) is 10.5. The highest BCUT2D eigenvalue weighted by atomic mass is 32.2. The Labute approximate surface area is 130 Å². The standard InChI is InChI=1S/C17H18O4S/c18-17(10-13-8-9-22(19,20)12-13)21-11-15-6-3-5-14-4-1-2-7-16(14)15/h1-7,13H,8-12H2/t13-/m0/s1. The highest BCUT2D eigenvalue weighted by molar-refractivity contribution is 7.91. The minimum atomic E-state index is -2.94. The first-order valence-electron chi connectivity index (χ1n) is 7.36. The zero-order valence-corrected chi connectivity index (χ0v) is 13.0. The first-order valence-corrected chi connectivity index (χ1v) is 9.18. The number of hydrogen-bond acceptors (Lipinski definition) is 4. The van der Waals surface area contributed by atoms with Crippen molar-refractivity contribution >= 4 is 26.6 Å². The van der Waals surface area contributed by atoms with E-state index in [0.29, 0.717) is 6.42 Å². The van der Waals surface area contributed by atoms with Gasteiger partial charge in [0.25, 0.3) is 0 Å². The van der Waals surface area contributed by atoms with Crippen molar-refractivity contribution in [1.29, 1.82) is 0 Å². The fraction of sp³-hybridized carbons (Fsp3) is 0.353. The van der Waals surface area contributed by atoms with Gasteiger partial charge >= 0.3 is 5.97 Å². The molecule has 22 heavy (non-hydrogen) atoms. The summed E-state index contributed by atoms with van der Waals surface area (Å²) < 4.78 is 28.1. The molecule has 2 aromatic rings. The van der Waals surface area contributed by atoms with Crippen molar-refractivity contribution in [3.63, 3.8) is 0 Å². The molecule has 1 aliphatic rings. The smallest absolute Gasteiger partial charge is 0.306 e. The molecule has 5 heteroatoms. The minimum Gasteiger partial charge on any atom is -0.461 e. The fourth-order valence-electron chi connectivity index (χ4n) is 2.90. The lowest BCUT2D eigenvalue weighted by Gasteiger charge is -2.10. The molecule has 0 spiro atoms. The Balaban J connectivity index is 1.61. The number of esters is 1. The maximum absolute atomic E-state index is 11.9. The summed E-state index contributed by atoms with van der Waals surface area (Å²) in [5.74, 6) is -0.120. The monoisotopic (exact) mass is 318 g/mol. The van der Waals surface area contributed by atoms with Gasteiger partial charge in [0.05, 0.1) is 11.5 Å². The van der Waals surface area contributed by atoms with E-state index in [0.717, 1.165) is 16.3 Å². The summed E-state index contributed by atoms with van der Waals surface area (Å²) in [6, 6.07) is 13.8. The van der Waals surface area contributed by atoms with Crippen LogP contribution >= 0.6 is 0 Å². The molecular weight excluding hydrogens is 300 g/mol. The summed E-state index contributed by atoms with van der Waals surface area (Å²) in [4.78, 5) is 11.9. The minimum absolute atomic E-state index is 0.0926. The van der Waals surface area contributed by atoms with Gasteiger partial charge in [-0.05, 0) is 28.7 Å². The Morgan fingerprint density at radius 2 is 1.91 bits per heavy atom. The Hall–Kier alpha value is -1.88. The van der Waals surface area contributed by atoms with Crippen molar-refractivity contribution < 1.29 is 17.9 Å². The van der Waals surface area contributed by atoms with E-state index < -0.39 is 9.84 Å². The molecule has 3 rings (SSSR count). The third kappa shape index (κ3) is 3.47. The van der Waals surface area contributed by atoms with Gasteiger partial charge in [0.1, 0.15) is 6.61 Å². The van der Waals surface area contributed by atoms with Crippen LogP contribution in [0.15, 0.2) is 42.5 Å². The van der Waals surface area contributed by atoms with Gasteiger partial charge in [0, 0.05) is 6.42 Å². The first kappa shape index (κ1) is 15.0. The molecule has 0 saturated carbocycles. The zero-order chi connectivity index (χ0) is 15.6. The number of fused-ring (bicyclic) bond motifs is 1. The topological polar surface area (TPSA) is 60.4 Å². The van der Waals surface area contributed by atoms with Crippen LogP contribution in [-0.2, 0) is 26.0 Å². The van der Waals surface area contributed by atoms with Gasteiger partial charge in [-0.3, -0.25) is 4.79 Å². The van der Waals surface area contributed by atoms with Crippen LogP contribution in [0.4, 0.5) is 0 Å². The number of carbonyl (C=O) groups is 1. The Bertz CT molecular complexity index is 790. The van der Waals surface area contributed by atoms with Crippen LogP contribution in [0.5, 0.6) is 0 Å². The molecule has 0 N–H and O–H groups in total. The average Bonchev–Trinajstić information content (AvgIpc) is 2.84. The quantitative estimate of drug-likeness (QED) is 0.813. The van der Waals surface area contributed by atoms with Crippen molar-refractivity contribution in [2.75, 3.05) is 11.5 Å². The van der Waals surface area contributed by atoms with Gasteiger partial charge in [-0.15, -0.1) is 0 Å². The third-order valence-corrected chi connectivity index (χ3v) is 5.89. The van der Waals surface area contributed by atoms with E-state index in [1.807, 2.05) is 42.5 Å². The van der Waals surface area contributed by atoms with Gasteiger partial charge in [-0.2, -0.15) is 0 Å². The predicted molar refractivity (Wildman–Crippen MR) is 85.1 cm³/mol. The summed E-state index contributed by atoms with van der Waals surface area (Å²) in [7, 11) is -2.94. The molecule has 1 fully saturated rings. The van der Waals surface area contributed by atoms with Gasteiger partial charge in [0.2, 0.25) is 0 Å². The summed E-state index contributed by atoms with van der Waals surface area (Å²) >= 11 is 0. The third-order valence-electron chi connectivity index (χ3n) is 4.05. The Morgan fingerprint density at radius 1 is 1.14 bits per heavy atom. The van der Waals surface area contributed by atoms with Crippen molar-refractivity contribution in [2.24, 2.45) is 5.92 Å². The Kier molecular flexibility index (Phi) is 4.16. The second-order valence-corrected chi connectivity index (χ2v) is 8.00. The van der Waals surface area contributed by atoms with E-state index >= 15 is 0 Å². The molecule has 0 unspecified atom stereocenters. The Morgan fingerprint density at radius 3 is 2.68 bits per heavy atom. The molecule has 1 atom stereocenters. The maximum atomic E-state index is 11.9. The van der Waals surface area contributed by atoms with Gasteiger partial charge in [-0.1, -0.05) is 42.5 Å². The van der Waals surface area contributed by atoms with Crippen molar-refractivity contribution in [1.82, 2.24) is 0 Å². The predicted octanol–water partition coefficient (Wildman–Crippen LogP) is 2.71. The lowest BCUT2D eigenvalue weighted by molar-refractivity contribution is -0.145. The lowest BCUT2D eigenvalue weighted by atomic mass is 10.0. The van der Waals surface area contributed by atoms with E-state index in [9.17, 15) is 13.2 Å². The number of hydrogen-bond donors (Lipinski definition) is 0. The van der Waals surface area contributed by atoms with Crippen molar-refractivity contribution in [3.05, 3.63) is 48.0 Å². The van der Waals surface area contributed by atoms with E-state index in [2.05, 4.69) is 0 Å². The average molecular weight is 318 g/mol. The lowest BCUT2D eigenvalue weighted by Crippen LogP contribution is -2.13. The number of rotatable bonds is 4. The van der Waals surface area contributed by atoms with Crippen LogP contribution in [-0.4, -0.2) is 25.9 Å². The second-order valence-electron chi connectivity index (χ2n) is 5.77. The molecule has 0 aromatic heterocycles. The molecule has 1 aliphatic heterocycles. The molecule has 0 bridgehead atoms. The SMILES string of the molecule is O=C(C[C@@H]1CCS(=O)(=O)C1)OCc1cccc2ccccc12. The van der Waals surface area contributed by atoms with Crippen LogP contribution in [0.25, 0.3) is 10.8 Å². The highest BCUT2D eigenvalue weighted by Crippen LogP contribution is 2.23. The molecule has 116 valence electrons. The molecule has 0 radical (unpaired) electrons. The summed E-state index contributed by atoms with van der Waals surface area (Å²) in [6.45, 7) is 0.222. The van der Waals surface area contributed by atoms with Crippen LogP contribution in [0.3, 0.4) is 0 Å². The molecule has 2 aromatic carbocycles. The van der Waals surface area contributed by atoms with Crippen molar-refractivity contribution in [3.8, 4) is 0 Å². The maximum Gasteiger partial charge on any atom is 0.306 e. The van der Waals surface area contributed by atoms with Crippen LogP contribution in [0.2, 0.25) is 0 Å². The molecule has 4 nitrogen and oxygen atoms in total. The van der Waals surface area contributed by atoms with Crippen molar-refractivity contribution in [2.45, 2.75) is 19.4 Å². The van der Waals surface area contributed by atoms with Gasteiger partial charge < -0.3 is 4.74 Å². The van der Waals surface area contributed by atoms with E-state index in [-0.39, 0.29) is 36.4 Å². The number of benzene rings is 2. The number of sulfone groups is 1. The normalized spacial score (nSPS) is 20.1. The van der Waals surface area contributed by atoms with Crippen LogP contribution in [0.1, 0.15) is 18.4 Å². The molecular formula is C17H18O4S. The molecule has 0 amide bonds. The van der Waals surface area contributed by atoms with Crippen LogP contribution < -0.4 is 0 Å². The highest BCUT2D eigenvalue weighted by Gasteiger charge is 2.29. The van der Waals surface area contributed by atoms with E-state index in [1.165, 1.54) is 0 Å². The largest absolute Gasteiger partial charge is 0.461 e. The summed E-state index contributed by atoms with van der Waals surface area (Å²) in [6.07, 6.45) is 0.746. The van der Waals surface area contributed by atoms with E-state index in [4.69, 9.17) is 4.74 Å². The number of carbonyl (C=O) groups excluding carboxylic acids is 1. The van der Waals surface area contributed by atoms with Gasteiger partial charge in [0.15, 0.2) is 9.84 Å². The molecule has 1 heterocycles. The fourth-order valence-corrected chi connectivity index (χ4v) is 4.77. The van der Waals surface area contributed by atoms with Gasteiger partial charge in [-0.25, -0.2) is 8.42 Å². The molecule has 0 aliphatic carbocycles.